The lowest BCUT2D eigenvalue weighted by molar-refractivity contribution is 0.374. The monoisotopic (exact) mass is 311 g/mol. The van der Waals surface area contributed by atoms with Gasteiger partial charge in [0.1, 0.15) is 0 Å². The zero-order chi connectivity index (χ0) is 13.1. The first-order valence-corrected chi connectivity index (χ1v) is 7.55. The minimum atomic E-state index is 0. The predicted molar refractivity (Wildman–Crippen MR) is 82.3 cm³/mol. The van der Waals surface area contributed by atoms with Gasteiger partial charge in [0.15, 0.2) is 0 Å². The van der Waals surface area contributed by atoms with E-state index in [1.165, 1.54) is 17.5 Å². The maximum Gasteiger partial charge on any atom is 0.276 e. The SMILES string of the molecule is Cc1ccc(CSc2nnc([C@@H]3CCCN3)o2)cc1.Cl. The van der Waals surface area contributed by atoms with Crippen LogP contribution in [0.4, 0.5) is 0 Å². The summed E-state index contributed by atoms with van der Waals surface area (Å²) >= 11 is 1.59. The molecule has 20 heavy (non-hydrogen) atoms. The number of thioether (sulfide) groups is 1. The zero-order valence-electron chi connectivity index (χ0n) is 11.3. The van der Waals surface area contributed by atoms with Crippen molar-refractivity contribution in [3.05, 3.63) is 41.3 Å². The van der Waals surface area contributed by atoms with Crippen molar-refractivity contribution >= 4 is 24.2 Å². The fraction of sp³-hybridized carbons (Fsp3) is 0.429. The molecule has 1 aliphatic rings. The van der Waals surface area contributed by atoms with Crippen LogP contribution >= 0.6 is 24.2 Å². The van der Waals surface area contributed by atoms with Crippen molar-refractivity contribution in [2.45, 2.75) is 36.8 Å². The van der Waals surface area contributed by atoms with Crippen molar-refractivity contribution in [3.8, 4) is 0 Å². The van der Waals surface area contributed by atoms with Crippen molar-refractivity contribution in [3.63, 3.8) is 0 Å². The van der Waals surface area contributed by atoms with Gasteiger partial charge in [0, 0.05) is 5.75 Å². The molecule has 1 fully saturated rings. The molecule has 0 bridgehead atoms. The summed E-state index contributed by atoms with van der Waals surface area (Å²) in [6.45, 7) is 3.13. The van der Waals surface area contributed by atoms with E-state index in [2.05, 4.69) is 46.7 Å². The second-order valence-corrected chi connectivity index (χ2v) is 5.76. The first-order valence-electron chi connectivity index (χ1n) is 6.56. The van der Waals surface area contributed by atoms with Gasteiger partial charge in [0.05, 0.1) is 6.04 Å². The van der Waals surface area contributed by atoms with Crippen LogP contribution < -0.4 is 5.32 Å². The molecule has 0 spiro atoms. The number of aromatic nitrogens is 2. The highest BCUT2D eigenvalue weighted by Crippen LogP contribution is 2.26. The molecule has 4 nitrogen and oxygen atoms in total. The molecule has 1 aromatic heterocycles. The van der Waals surface area contributed by atoms with Crippen LogP contribution in [0.25, 0.3) is 0 Å². The Morgan fingerprint density at radius 2 is 2.10 bits per heavy atom. The Morgan fingerprint density at radius 1 is 1.30 bits per heavy atom. The Kier molecular flexibility index (Phi) is 5.46. The summed E-state index contributed by atoms with van der Waals surface area (Å²) in [5, 5.41) is 12.2. The molecule has 2 heterocycles. The summed E-state index contributed by atoms with van der Waals surface area (Å²) in [5.74, 6) is 1.59. The Labute approximate surface area is 129 Å². The first-order chi connectivity index (χ1) is 9.31. The lowest BCUT2D eigenvalue weighted by Gasteiger charge is -2.02. The summed E-state index contributed by atoms with van der Waals surface area (Å²) in [7, 11) is 0. The summed E-state index contributed by atoms with van der Waals surface area (Å²) in [6, 6.07) is 8.77. The van der Waals surface area contributed by atoms with E-state index in [0.29, 0.717) is 5.22 Å². The number of aryl methyl sites for hydroxylation is 1. The molecule has 0 saturated carbocycles. The van der Waals surface area contributed by atoms with Gasteiger partial charge >= 0.3 is 0 Å². The van der Waals surface area contributed by atoms with Gasteiger partial charge in [-0.1, -0.05) is 41.6 Å². The topological polar surface area (TPSA) is 51.0 Å². The van der Waals surface area contributed by atoms with Crippen molar-refractivity contribution < 1.29 is 4.42 Å². The molecule has 0 unspecified atom stereocenters. The molecule has 3 rings (SSSR count). The number of nitrogens with zero attached hydrogens (tertiary/aromatic N) is 2. The Bertz CT molecular complexity index is 538. The summed E-state index contributed by atoms with van der Waals surface area (Å²) in [6.07, 6.45) is 2.27. The van der Waals surface area contributed by atoms with Crippen LogP contribution in [0.1, 0.15) is 35.9 Å². The van der Waals surface area contributed by atoms with Crippen LogP contribution in [0.5, 0.6) is 0 Å². The Morgan fingerprint density at radius 3 is 2.80 bits per heavy atom. The van der Waals surface area contributed by atoms with Gasteiger partial charge in [0.2, 0.25) is 5.89 Å². The van der Waals surface area contributed by atoms with E-state index in [1.807, 2.05) is 0 Å². The maximum atomic E-state index is 5.69. The van der Waals surface area contributed by atoms with Crippen molar-refractivity contribution in [2.24, 2.45) is 0 Å². The van der Waals surface area contributed by atoms with Crippen LogP contribution in [-0.4, -0.2) is 16.7 Å². The van der Waals surface area contributed by atoms with E-state index in [4.69, 9.17) is 4.42 Å². The molecular formula is C14H18ClN3OS. The predicted octanol–water partition coefficient (Wildman–Crippen LogP) is 3.52. The van der Waals surface area contributed by atoms with Gasteiger partial charge < -0.3 is 9.73 Å². The minimum Gasteiger partial charge on any atom is -0.414 e. The lowest BCUT2D eigenvalue weighted by Crippen LogP contribution is -2.12. The Hall–Kier alpha value is -1.04. The molecule has 1 aliphatic heterocycles. The number of benzene rings is 1. The number of rotatable bonds is 4. The van der Waals surface area contributed by atoms with E-state index in [-0.39, 0.29) is 18.4 Å². The van der Waals surface area contributed by atoms with E-state index in [0.717, 1.165) is 24.6 Å². The fourth-order valence-electron chi connectivity index (χ4n) is 2.14. The summed E-state index contributed by atoms with van der Waals surface area (Å²) in [5.41, 5.74) is 2.55. The molecule has 1 aromatic carbocycles. The third-order valence-corrected chi connectivity index (χ3v) is 4.15. The van der Waals surface area contributed by atoms with Gasteiger partial charge in [0.25, 0.3) is 5.22 Å². The molecule has 6 heteroatoms. The third-order valence-electron chi connectivity index (χ3n) is 3.26. The average Bonchev–Trinajstić information content (AvgIpc) is 3.09. The van der Waals surface area contributed by atoms with Gasteiger partial charge in [-0.05, 0) is 31.9 Å². The third kappa shape index (κ3) is 3.75. The largest absolute Gasteiger partial charge is 0.414 e. The standard InChI is InChI=1S/C14H17N3OS.ClH/c1-10-4-6-11(7-5-10)9-19-14-17-16-13(18-14)12-3-2-8-15-12;/h4-7,12,15H,2-3,8-9H2,1H3;1H/t12-;/m0./s1. The molecule has 0 radical (unpaired) electrons. The Balaban J connectivity index is 0.00000147. The van der Waals surface area contributed by atoms with Crippen LogP contribution in [0.2, 0.25) is 0 Å². The number of hydrogen-bond acceptors (Lipinski definition) is 5. The average molecular weight is 312 g/mol. The number of nitrogens with one attached hydrogen (secondary N) is 1. The van der Waals surface area contributed by atoms with Gasteiger partial charge in [-0.15, -0.1) is 22.6 Å². The normalized spacial score (nSPS) is 17.9. The summed E-state index contributed by atoms with van der Waals surface area (Å²) < 4.78 is 5.69. The molecule has 108 valence electrons. The van der Waals surface area contributed by atoms with Crippen LogP contribution in [-0.2, 0) is 5.75 Å². The van der Waals surface area contributed by atoms with Crippen LogP contribution in [0.3, 0.4) is 0 Å². The second kappa shape index (κ2) is 7.11. The number of hydrogen-bond donors (Lipinski definition) is 1. The quantitative estimate of drug-likeness (QED) is 0.876. The van der Waals surface area contributed by atoms with E-state index < -0.39 is 0 Å². The molecule has 1 atom stereocenters. The van der Waals surface area contributed by atoms with Crippen molar-refractivity contribution in [1.82, 2.24) is 15.5 Å². The number of halogens is 1. The fourth-order valence-corrected chi connectivity index (χ4v) is 2.87. The van der Waals surface area contributed by atoms with Gasteiger partial charge in [-0.2, -0.15) is 0 Å². The molecule has 1 saturated heterocycles. The molecule has 0 aliphatic carbocycles. The van der Waals surface area contributed by atoms with Gasteiger partial charge in [-0.3, -0.25) is 0 Å². The van der Waals surface area contributed by atoms with E-state index in [9.17, 15) is 0 Å². The maximum absolute atomic E-state index is 5.69. The molecule has 2 aromatic rings. The van der Waals surface area contributed by atoms with Crippen LogP contribution in [0.15, 0.2) is 33.9 Å². The highest BCUT2D eigenvalue weighted by molar-refractivity contribution is 7.98. The zero-order valence-corrected chi connectivity index (χ0v) is 13.0. The summed E-state index contributed by atoms with van der Waals surface area (Å²) in [4.78, 5) is 0. The smallest absolute Gasteiger partial charge is 0.276 e. The highest BCUT2D eigenvalue weighted by atomic mass is 35.5. The lowest BCUT2D eigenvalue weighted by atomic mass is 10.2. The van der Waals surface area contributed by atoms with E-state index in [1.54, 1.807) is 11.8 Å². The molecule has 0 amide bonds. The highest BCUT2D eigenvalue weighted by Gasteiger charge is 2.22. The second-order valence-electron chi connectivity index (χ2n) is 4.83. The van der Waals surface area contributed by atoms with Gasteiger partial charge in [-0.25, -0.2) is 0 Å². The van der Waals surface area contributed by atoms with Crippen molar-refractivity contribution in [2.75, 3.05) is 6.54 Å². The van der Waals surface area contributed by atoms with E-state index >= 15 is 0 Å². The molecule has 1 N–H and O–H groups in total. The first kappa shape index (κ1) is 15.4. The van der Waals surface area contributed by atoms with Crippen molar-refractivity contribution in [1.29, 1.82) is 0 Å². The van der Waals surface area contributed by atoms with Crippen LogP contribution in [0, 0.1) is 6.92 Å². The molecular weight excluding hydrogens is 294 g/mol. The minimum absolute atomic E-state index is 0.